The van der Waals surface area contributed by atoms with Gasteiger partial charge in [0.1, 0.15) is 4.70 Å². The third kappa shape index (κ3) is 3.28. The van der Waals surface area contributed by atoms with Crippen LogP contribution in [0.3, 0.4) is 0 Å². The van der Waals surface area contributed by atoms with E-state index >= 15 is 0 Å². The Morgan fingerprint density at radius 2 is 1.94 bits per heavy atom. The molecule has 3 aromatic heterocycles. The number of benzene rings is 2. The number of hydrogen-bond donors (Lipinski definition) is 1. The van der Waals surface area contributed by atoms with E-state index in [-0.39, 0.29) is 10.8 Å². The number of H-pyrrole nitrogens is 1. The highest BCUT2D eigenvalue weighted by atomic mass is 35.5. The van der Waals surface area contributed by atoms with Crippen LogP contribution >= 0.6 is 34.5 Å². The molecule has 0 fully saturated rings. The molecule has 3 heterocycles. The Kier molecular flexibility index (Phi) is 5.00. The van der Waals surface area contributed by atoms with Crippen LogP contribution in [0.25, 0.3) is 37.1 Å². The van der Waals surface area contributed by atoms with Gasteiger partial charge in [0.15, 0.2) is 11.6 Å². The van der Waals surface area contributed by atoms with Crippen LogP contribution in [0.4, 0.5) is 4.39 Å². The van der Waals surface area contributed by atoms with E-state index in [2.05, 4.69) is 9.97 Å². The molecule has 5 rings (SSSR count). The second-order valence-electron chi connectivity index (χ2n) is 6.91. The molecule has 6 nitrogen and oxygen atoms in total. The minimum atomic E-state index is -0.621. The maximum absolute atomic E-state index is 13.9. The minimum absolute atomic E-state index is 0.0199. The summed E-state index contributed by atoms with van der Waals surface area (Å²) in [7, 11) is 1.35. The number of aromatic amines is 1. The maximum atomic E-state index is 13.9. The third-order valence-corrected chi connectivity index (χ3v) is 6.73. The SMILES string of the molecule is COc1cc(-c2cc3[nH]c(=O)n(-c4cncc5ccc(Cl)cc45)c(=O)c3s2)c(Cl)cc1F. The van der Waals surface area contributed by atoms with Crippen LogP contribution in [0, 0.1) is 5.82 Å². The average molecular weight is 488 g/mol. The van der Waals surface area contributed by atoms with Gasteiger partial charge in [-0.15, -0.1) is 11.3 Å². The lowest BCUT2D eigenvalue weighted by molar-refractivity contribution is 0.387. The zero-order valence-corrected chi connectivity index (χ0v) is 18.6. The van der Waals surface area contributed by atoms with Crippen molar-refractivity contribution in [2.45, 2.75) is 0 Å². The normalized spacial score (nSPS) is 11.4. The van der Waals surface area contributed by atoms with Crippen LogP contribution < -0.4 is 16.0 Å². The molecule has 0 bridgehead atoms. The molecule has 160 valence electrons. The van der Waals surface area contributed by atoms with Gasteiger partial charge in [-0.25, -0.2) is 13.8 Å². The summed E-state index contributed by atoms with van der Waals surface area (Å²) in [4.78, 5) is 33.7. The number of fused-ring (bicyclic) bond motifs is 2. The topological polar surface area (TPSA) is 77.0 Å². The monoisotopic (exact) mass is 487 g/mol. The van der Waals surface area contributed by atoms with Crippen LogP contribution in [-0.2, 0) is 0 Å². The van der Waals surface area contributed by atoms with Crippen LogP contribution in [0.15, 0.2) is 58.4 Å². The Bertz CT molecular complexity index is 1660. The predicted molar refractivity (Wildman–Crippen MR) is 125 cm³/mol. The molecule has 0 aliphatic carbocycles. The van der Waals surface area contributed by atoms with Crippen molar-refractivity contribution < 1.29 is 9.13 Å². The molecule has 2 aromatic carbocycles. The first-order valence-electron chi connectivity index (χ1n) is 9.23. The van der Waals surface area contributed by atoms with Crippen molar-refractivity contribution in [1.29, 1.82) is 0 Å². The Morgan fingerprint density at radius 1 is 1.12 bits per heavy atom. The zero-order valence-electron chi connectivity index (χ0n) is 16.3. The molecule has 0 saturated heterocycles. The highest BCUT2D eigenvalue weighted by Crippen LogP contribution is 2.38. The second-order valence-corrected chi connectivity index (χ2v) is 8.81. The molecule has 1 N–H and O–H groups in total. The lowest BCUT2D eigenvalue weighted by Crippen LogP contribution is -2.33. The first kappa shape index (κ1) is 20.7. The van der Waals surface area contributed by atoms with Gasteiger partial charge in [-0.1, -0.05) is 29.3 Å². The van der Waals surface area contributed by atoms with Gasteiger partial charge in [0.25, 0.3) is 5.56 Å². The van der Waals surface area contributed by atoms with E-state index in [1.807, 2.05) is 0 Å². The van der Waals surface area contributed by atoms with Crippen molar-refractivity contribution in [2.75, 3.05) is 7.11 Å². The van der Waals surface area contributed by atoms with E-state index in [1.165, 1.54) is 19.4 Å². The average Bonchev–Trinajstić information content (AvgIpc) is 3.18. The summed E-state index contributed by atoms with van der Waals surface area (Å²) in [6.45, 7) is 0. The number of halogens is 3. The second kappa shape index (κ2) is 7.74. The molecule has 0 unspecified atom stereocenters. The summed E-state index contributed by atoms with van der Waals surface area (Å²) in [6.07, 6.45) is 3.07. The van der Waals surface area contributed by atoms with E-state index in [9.17, 15) is 14.0 Å². The molecule has 10 heteroatoms. The van der Waals surface area contributed by atoms with Gasteiger partial charge in [-0.05, 0) is 30.3 Å². The van der Waals surface area contributed by atoms with Gasteiger partial charge in [-0.2, -0.15) is 0 Å². The first-order valence-corrected chi connectivity index (χ1v) is 10.8. The lowest BCUT2D eigenvalue weighted by atomic mass is 10.1. The van der Waals surface area contributed by atoms with Crippen molar-refractivity contribution in [3.63, 3.8) is 0 Å². The number of nitrogens with zero attached hydrogens (tertiary/aromatic N) is 2. The molecule has 5 aromatic rings. The van der Waals surface area contributed by atoms with Crippen LogP contribution in [0.1, 0.15) is 0 Å². The summed E-state index contributed by atoms with van der Waals surface area (Å²) >= 11 is 13.5. The molecule has 32 heavy (non-hydrogen) atoms. The van der Waals surface area contributed by atoms with Crippen molar-refractivity contribution in [3.05, 3.63) is 85.5 Å². The van der Waals surface area contributed by atoms with Gasteiger partial charge < -0.3 is 9.72 Å². The number of hydrogen-bond acceptors (Lipinski definition) is 5. The van der Waals surface area contributed by atoms with Gasteiger partial charge in [0.2, 0.25) is 0 Å². The largest absolute Gasteiger partial charge is 0.494 e. The number of aromatic nitrogens is 3. The van der Waals surface area contributed by atoms with Crippen LogP contribution in [0.5, 0.6) is 5.75 Å². The first-order chi connectivity index (χ1) is 15.4. The Labute approximate surface area is 193 Å². The fraction of sp³-hybridized carbons (Fsp3) is 0.0455. The van der Waals surface area contributed by atoms with Crippen molar-refractivity contribution in [2.24, 2.45) is 0 Å². The van der Waals surface area contributed by atoms with Crippen LogP contribution in [0.2, 0.25) is 10.0 Å². The van der Waals surface area contributed by atoms with E-state index in [0.717, 1.165) is 27.4 Å². The van der Waals surface area contributed by atoms with Crippen molar-refractivity contribution in [3.8, 4) is 21.9 Å². The molecule has 0 amide bonds. The van der Waals surface area contributed by atoms with Gasteiger partial charge >= 0.3 is 5.69 Å². The Balaban J connectivity index is 1.77. The number of thiophene rings is 1. The zero-order chi connectivity index (χ0) is 22.6. The Hall–Kier alpha value is -3.20. The van der Waals surface area contributed by atoms with E-state index in [4.69, 9.17) is 27.9 Å². The molecule has 0 aliphatic heterocycles. The standard InChI is InChI=1S/C22H12Cl2FN3O3S/c1-31-18-5-13(14(24)6-15(18)25)19-7-16-20(32-19)21(29)28(22(30)27-16)17-9-26-8-10-2-3-11(23)4-12(10)17/h2-9H,1H3,(H,27,30). The van der Waals surface area contributed by atoms with E-state index in [1.54, 1.807) is 30.5 Å². The van der Waals surface area contributed by atoms with E-state index < -0.39 is 17.1 Å². The fourth-order valence-electron chi connectivity index (χ4n) is 3.53. The number of ether oxygens (including phenoxy) is 1. The molecule has 0 saturated carbocycles. The summed E-state index contributed by atoms with van der Waals surface area (Å²) < 4.78 is 20.3. The number of nitrogens with one attached hydrogen (secondary N) is 1. The number of rotatable bonds is 3. The summed E-state index contributed by atoms with van der Waals surface area (Å²) in [5, 5.41) is 1.97. The number of pyridine rings is 1. The van der Waals surface area contributed by atoms with Gasteiger partial charge in [-0.3, -0.25) is 9.78 Å². The summed E-state index contributed by atoms with van der Waals surface area (Å²) in [5.74, 6) is -0.577. The number of methoxy groups -OCH3 is 1. The molecular formula is C22H12Cl2FN3O3S. The fourth-order valence-corrected chi connectivity index (χ4v) is 5.09. The highest BCUT2D eigenvalue weighted by Gasteiger charge is 2.18. The van der Waals surface area contributed by atoms with E-state index in [0.29, 0.717) is 36.8 Å². The Morgan fingerprint density at radius 3 is 2.72 bits per heavy atom. The highest BCUT2D eigenvalue weighted by molar-refractivity contribution is 7.22. The van der Waals surface area contributed by atoms with Crippen LogP contribution in [-0.4, -0.2) is 21.6 Å². The van der Waals surface area contributed by atoms with Crippen molar-refractivity contribution in [1.82, 2.24) is 14.5 Å². The molecule has 0 aliphatic rings. The quantitative estimate of drug-likeness (QED) is 0.369. The molecule has 0 radical (unpaired) electrons. The summed E-state index contributed by atoms with van der Waals surface area (Å²) in [6, 6.07) is 9.37. The van der Waals surface area contributed by atoms with Crippen molar-refractivity contribution >= 4 is 55.5 Å². The molecular weight excluding hydrogens is 476 g/mol. The molecule has 0 spiro atoms. The third-order valence-electron chi connectivity index (χ3n) is 5.02. The lowest BCUT2D eigenvalue weighted by Gasteiger charge is -2.08. The smallest absolute Gasteiger partial charge is 0.333 e. The van der Waals surface area contributed by atoms with Gasteiger partial charge in [0.05, 0.1) is 29.5 Å². The molecule has 0 atom stereocenters. The minimum Gasteiger partial charge on any atom is -0.494 e. The predicted octanol–water partition coefficient (Wildman–Crippen LogP) is 5.41. The van der Waals surface area contributed by atoms with Gasteiger partial charge in [0, 0.05) is 32.4 Å². The maximum Gasteiger partial charge on any atom is 0.333 e. The summed E-state index contributed by atoms with van der Waals surface area (Å²) in [5.41, 5.74) is 0.0105.